The molecule has 0 saturated heterocycles. The normalized spacial score (nSPS) is 10.6. The Hall–Kier alpha value is -3.34. The van der Waals surface area contributed by atoms with Gasteiger partial charge in [-0.15, -0.1) is 0 Å². The number of nitrogens with one attached hydrogen (secondary N) is 1. The SMILES string of the molecule is CCCCc1ccc(NC(=O)COC(=O)c2cc3ccccc3cc2OC)cc1. The average Bonchev–Trinajstić information content (AvgIpc) is 2.76. The lowest BCUT2D eigenvalue weighted by molar-refractivity contribution is -0.119. The number of benzene rings is 3. The van der Waals surface area contributed by atoms with Gasteiger partial charge in [-0.1, -0.05) is 49.7 Å². The van der Waals surface area contributed by atoms with Crippen molar-refractivity contribution in [1.29, 1.82) is 0 Å². The first-order valence-corrected chi connectivity index (χ1v) is 9.73. The molecule has 29 heavy (non-hydrogen) atoms. The summed E-state index contributed by atoms with van der Waals surface area (Å²) in [6, 6.07) is 18.9. The highest BCUT2D eigenvalue weighted by Gasteiger charge is 2.16. The van der Waals surface area contributed by atoms with E-state index in [0.29, 0.717) is 17.0 Å². The van der Waals surface area contributed by atoms with E-state index in [1.165, 1.54) is 12.7 Å². The van der Waals surface area contributed by atoms with E-state index in [-0.39, 0.29) is 12.5 Å². The number of hydrogen-bond acceptors (Lipinski definition) is 4. The molecule has 0 bridgehead atoms. The molecule has 1 amide bonds. The van der Waals surface area contributed by atoms with Crippen molar-refractivity contribution >= 4 is 28.3 Å². The van der Waals surface area contributed by atoms with Crippen molar-refractivity contribution in [3.05, 3.63) is 71.8 Å². The van der Waals surface area contributed by atoms with Crippen LogP contribution in [-0.4, -0.2) is 25.6 Å². The molecule has 0 spiro atoms. The van der Waals surface area contributed by atoms with Gasteiger partial charge in [0.1, 0.15) is 11.3 Å². The van der Waals surface area contributed by atoms with Gasteiger partial charge in [0.2, 0.25) is 0 Å². The van der Waals surface area contributed by atoms with Crippen LogP contribution in [0, 0.1) is 0 Å². The van der Waals surface area contributed by atoms with Crippen molar-refractivity contribution in [2.75, 3.05) is 19.0 Å². The Morgan fingerprint density at radius 2 is 1.66 bits per heavy atom. The van der Waals surface area contributed by atoms with E-state index in [1.807, 2.05) is 48.5 Å². The van der Waals surface area contributed by atoms with Crippen LogP contribution in [-0.2, 0) is 16.0 Å². The highest BCUT2D eigenvalue weighted by molar-refractivity contribution is 6.00. The van der Waals surface area contributed by atoms with E-state index in [9.17, 15) is 9.59 Å². The highest BCUT2D eigenvalue weighted by atomic mass is 16.5. The van der Waals surface area contributed by atoms with Crippen molar-refractivity contribution in [3.63, 3.8) is 0 Å². The van der Waals surface area contributed by atoms with E-state index in [1.54, 1.807) is 12.1 Å². The van der Waals surface area contributed by atoms with Crippen LogP contribution in [0.1, 0.15) is 35.7 Å². The zero-order valence-corrected chi connectivity index (χ0v) is 16.7. The van der Waals surface area contributed by atoms with Gasteiger partial charge in [-0.25, -0.2) is 4.79 Å². The molecule has 0 radical (unpaired) electrons. The number of anilines is 1. The summed E-state index contributed by atoms with van der Waals surface area (Å²) in [6.07, 6.45) is 3.31. The Morgan fingerprint density at radius 3 is 2.31 bits per heavy atom. The molecule has 0 aliphatic heterocycles. The lowest BCUT2D eigenvalue weighted by atomic mass is 10.1. The highest BCUT2D eigenvalue weighted by Crippen LogP contribution is 2.26. The number of amides is 1. The summed E-state index contributed by atoms with van der Waals surface area (Å²) in [5.74, 6) is -0.575. The lowest BCUT2D eigenvalue weighted by Gasteiger charge is -2.11. The minimum Gasteiger partial charge on any atom is -0.496 e. The quantitative estimate of drug-likeness (QED) is 0.550. The van der Waals surface area contributed by atoms with Crippen LogP contribution in [0.2, 0.25) is 0 Å². The lowest BCUT2D eigenvalue weighted by Crippen LogP contribution is -2.21. The van der Waals surface area contributed by atoms with Gasteiger partial charge in [0.05, 0.1) is 7.11 Å². The summed E-state index contributed by atoms with van der Waals surface area (Å²) in [5, 5.41) is 4.60. The summed E-state index contributed by atoms with van der Waals surface area (Å²) in [5.41, 5.74) is 2.20. The molecule has 0 aliphatic carbocycles. The first-order valence-electron chi connectivity index (χ1n) is 9.73. The molecule has 0 aromatic heterocycles. The summed E-state index contributed by atoms with van der Waals surface area (Å²) in [4.78, 5) is 24.6. The van der Waals surface area contributed by atoms with Crippen LogP contribution in [0.4, 0.5) is 5.69 Å². The van der Waals surface area contributed by atoms with E-state index >= 15 is 0 Å². The predicted molar refractivity (Wildman–Crippen MR) is 114 cm³/mol. The van der Waals surface area contributed by atoms with E-state index in [0.717, 1.165) is 30.0 Å². The maximum Gasteiger partial charge on any atom is 0.342 e. The van der Waals surface area contributed by atoms with E-state index in [4.69, 9.17) is 9.47 Å². The number of ether oxygens (including phenoxy) is 2. The molecule has 0 fully saturated rings. The Balaban J connectivity index is 1.60. The van der Waals surface area contributed by atoms with Crippen molar-refractivity contribution in [1.82, 2.24) is 0 Å². The molecule has 0 aliphatic rings. The zero-order valence-electron chi connectivity index (χ0n) is 16.7. The number of aryl methyl sites for hydroxylation is 1. The number of esters is 1. The Labute approximate surface area is 170 Å². The summed E-state index contributed by atoms with van der Waals surface area (Å²) >= 11 is 0. The molecule has 1 N–H and O–H groups in total. The molecule has 5 nitrogen and oxygen atoms in total. The maximum atomic E-state index is 12.5. The van der Waals surface area contributed by atoms with Crippen LogP contribution >= 0.6 is 0 Å². The molecule has 3 rings (SSSR count). The number of carbonyl (C=O) groups excluding carboxylic acids is 2. The second-order valence-electron chi connectivity index (χ2n) is 6.82. The number of methoxy groups -OCH3 is 1. The van der Waals surface area contributed by atoms with Gasteiger partial charge in [-0.2, -0.15) is 0 Å². The fourth-order valence-electron chi connectivity index (χ4n) is 3.09. The maximum absolute atomic E-state index is 12.5. The van der Waals surface area contributed by atoms with Gasteiger partial charge < -0.3 is 14.8 Å². The predicted octanol–water partition coefficient (Wildman–Crippen LogP) is 4.99. The van der Waals surface area contributed by atoms with Crippen LogP contribution in [0.5, 0.6) is 5.75 Å². The second kappa shape index (κ2) is 9.73. The third-order valence-corrected chi connectivity index (χ3v) is 4.68. The van der Waals surface area contributed by atoms with Gasteiger partial charge in [0, 0.05) is 5.69 Å². The number of unbranched alkanes of at least 4 members (excludes halogenated alkanes) is 1. The largest absolute Gasteiger partial charge is 0.496 e. The van der Waals surface area contributed by atoms with Crippen molar-refractivity contribution in [2.45, 2.75) is 26.2 Å². The standard InChI is InChI=1S/C24H25NO4/c1-3-4-7-17-10-12-20(13-11-17)25-23(26)16-29-24(27)21-14-18-8-5-6-9-19(18)15-22(21)28-2/h5-6,8-15H,3-4,7,16H2,1-2H3,(H,25,26). The fourth-order valence-corrected chi connectivity index (χ4v) is 3.09. The van der Waals surface area contributed by atoms with Crippen molar-refractivity contribution < 1.29 is 19.1 Å². The monoisotopic (exact) mass is 391 g/mol. The molecule has 0 heterocycles. The first-order chi connectivity index (χ1) is 14.1. The van der Waals surface area contributed by atoms with Crippen LogP contribution in [0.3, 0.4) is 0 Å². The average molecular weight is 391 g/mol. The second-order valence-corrected chi connectivity index (χ2v) is 6.82. The van der Waals surface area contributed by atoms with Gasteiger partial charge in [0.15, 0.2) is 6.61 Å². The fraction of sp³-hybridized carbons (Fsp3) is 0.250. The summed E-state index contributed by atoms with van der Waals surface area (Å²) in [6.45, 7) is 1.79. The summed E-state index contributed by atoms with van der Waals surface area (Å²) in [7, 11) is 1.50. The molecule has 3 aromatic carbocycles. The van der Waals surface area contributed by atoms with Crippen molar-refractivity contribution in [2.24, 2.45) is 0 Å². The molecule has 0 unspecified atom stereocenters. The number of hydrogen-bond donors (Lipinski definition) is 1. The Bertz CT molecular complexity index is 995. The number of fused-ring (bicyclic) bond motifs is 1. The number of carbonyl (C=O) groups is 2. The first kappa shape index (κ1) is 20.4. The Morgan fingerprint density at radius 1 is 0.966 bits per heavy atom. The molecule has 3 aromatic rings. The third-order valence-electron chi connectivity index (χ3n) is 4.68. The minimum absolute atomic E-state index is 0.291. The Kier molecular flexibility index (Phi) is 6.85. The molecule has 150 valence electrons. The number of rotatable bonds is 8. The topological polar surface area (TPSA) is 64.6 Å². The van der Waals surface area contributed by atoms with Crippen LogP contribution < -0.4 is 10.1 Å². The van der Waals surface area contributed by atoms with Gasteiger partial charge >= 0.3 is 5.97 Å². The smallest absolute Gasteiger partial charge is 0.342 e. The van der Waals surface area contributed by atoms with Gasteiger partial charge in [-0.05, 0) is 53.4 Å². The van der Waals surface area contributed by atoms with Crippen LogP contribution in [0.15, 0.2) is 60.7 Å². The zero-order chi connectivity index (χ0) is 20.6. The van der Waals surface area contributed by atoms with E-state index in [2.05, 4.69) is 12.2 Å². The molecule has 0 atom stereocenters. The minimum atomic E-state index is -0.599. The molecule has 0 saturated carbocycles. The molecular weight excluding hydrogens is 366 g/mol. The third kappa shape index (κ3) is 5.35. The molecular formula is C24H25NO4. The van der Waals surface area contributed by atoms with Gasteiger partial charge in [0.25, 0.3) is 5.91 Å². The van der Waals surface area contributed by atoms with Crippen LogP contribution in [0.25, 0.3) is 10.8 Å². The molecule has 5 heteroatoms. The van der Waals surface area contributed by atoms with Crippen molar-refractivity contribution in [3.8, 4) is 5.75 Å². The summed E-state index contributed by atoms with van der Waals surface area (Å²) < 4.78 is 10.5. The van der Waals surface area contributed by atoms with E-state index < -0.39 is 5.97 Å². The van der Waals surface area contributed by atoms with Gasteiger partial charge in [-0.3, -0.25) is 4.79 Å².